The van der Waals surface area contributed by atoms with Gasteiger partial charge in [-0.1, -0.05) is 6.92 Å². The molecule has 0 bridgehead atoms. The van der Waals surface area contributed by atoms with Crippen LogP contribution in [0.5, 0.6) is 0 Å². The Bertz CT molecular complexity index is 570. The molecule has 0 spiro atoms. The molecule has 6 nitrogen and oxygen atoms in total. The van der Waals surface area contributed by atoms with Crippen LogP contribution in [-0.2, 0) is 32.7 Å². The number of nitrogens with one attached hydrogen (secondary N) is 1. The van der Waals surface area contributed by atoms with Crippen molar-refractivity contribution in [2.75, 3.05) is 6.54 Å². The standard InChI is InChI=1S/C14H23N5O/c1-5-13-11(8-19(4)17-13)6-15-10-14(2,20)12-7-16-18(3)9-12/h7-9,15,20H,5-6,10H2,1-4H3. The SMILES string of the molecule is CCc1nn(C)cc1CNCC(C)(O)c1cnn(C)c1. The van der Waals surface area contributed by atoms with Gasteiger partial charge in [-0.15, -0.1) is 0 Å². The van der Waals surface area contributed by atoms with Crippen molar-refractivity contribution in [1.82, 2.24) is 24.9 Å². The Kier molecular flexibility index (Phi) is 4.25. The first kappa shape index (κ1) is 14.7. The number of aliphatic hydroxyl groups is 1. The van der Waals surface area contributed by atoms with Crippen molar-refractivity contribution in [3.63, 3.8) is 0 Å². The second-order valence-electron chi connectivity index (χ2n) is 5.41. The Balaban J connectivity index is 1.95. The van der Waals surface area contributed by atoms with Crippen molar-refractivity contribution in [3.8, 4) is 0 Å². The highest BCUT2D eigenvalue weighted by atomic mass is 16.3. The second-order valence-corrected chi connectivity index (χ2v) is 5.41. The van der Waals surface area contributed by atoms with Crippen LogP contribution < -0.4 is 5.32 Å². The van der Waals surface area contributed by atoms with Crippen molar-refractivity contribution in [2.24, 2.45) is 14.1 Å². The van der Waals surface area contributed by atoms with Gasteiger partial charge in [-0.05, 0) is 13.3 Å². The summed E-state index contributed by atoms with van der Waals surface area (Å²) in [6.07, 6.45) is 6.47. The quantitative estimate of drug-likeness (QED) is 0.816. The van der Waals surface area contributed by atoms with E-state index in [-0.39, 0.29) is 0 Å². The minimum Gasteiger partial charge on any atom is -0.384 e. The number of hydrogen-bond acceptors (Lipinski definition) is 4. The average Bonchev–Trinajstić information content (AvgIpc) is 2.95. The molecule has 0 saturated heterocycles. The van der Waals surface area contributed by atoms with Crippen LogP contribution in [0.25, 0.3) is 0 Å². The van der Waals surface area contributed by atoms with Crippen molar-refractivity contribution in [1.29, 1.82) is 0 Å². The molecular weight excluding hydrogens is 254 g/mol. The highest BCUT2D eigenvalue weighted by Gasteiger charge is 2.24. The molecule has 2 N–H and O–H groups in total. The summed E-state index contributed by atoms with van der Waals surface area (Å²) >= 11 is 0. The zero-order valence-electron chi connectivity index (χ0n) is 12.6. The number of rotatable bonds is 6. The van der Waals surface area contributed by atoms with E-state index in [2.05, 4.69) is 22.4 Å². The molecule has 1 atom stereocenters. The lowest BCUT2D eigenvalue weighted by Gasteiger charge is -2.22. The van der Waals surface area contributed by atoms with Gasteiger partial charge in [0.15, 0.2) is 0 Å². The van der Waals surface area contributed by atoms with E-state index in [9.17, 15) is 5.11 Å². The van der Waals surface area contributed by atoms with Gasteiger partial charge in [0.1, 0.15) is 5.60 Å². The van der Waals surface area contributed by atoms with Crippen LogP contribution in [0.1, 0.15) is 30.7 Å². The topological polar surface area (TPSA) is 67.9 Å². The predicted molar refractivity (Wildman–Crippen MR) is 77.1 cm³/mol. The van der Waals surface area contributed by atoms with Gasteiger partial charge in [-0.25, -0.2) is 0 Å². The van der Waals surface area contributed by atoms with Gasteiger partial charge in [0.25, 0.3) is 0 Å². The first-order valence-electron chi connectivity index (χ1n) is 6.86. The highest BCUT2D eigenvalue weighted by molar-refractivity contribution is 5.18. The zero-order valence-corrected chi connectivity index (χ0v) is 12.6. The molecule has 0 aromatic carbocycles. The Morgan fingerprint density at radius 2 is 2.05 bits per heavy atom. The van der Waals surface area contributed by atoms with Crippen LogP contribution in [0.15, 0.2) is 18.6 Å². The molecule has 0 amide bonds. The lowest BCUT2D eigenvalue weighted by molar-refractivity contribution is 0.0566. The first-order valence-corrected chi connectivity index (χ1v) is 6.86. The van der Waals surface area contributed by atoms with Crippen LogP contribution >= 0.6 is 0 Å². The minimum atomic E-state index is -0.928. The van der Waals surface area contributed by atoms with E-state index in [1.165, 1.54) is 5.56 Å². The maximum Gasteiger partial charge on any atom is 0.102 e. The van der Waals surface area contributed by atoms with Crippen molar-refractivity contribution in [2.45, 2.75) is 32.4 Å². The second kappa shape index (κ2) is 5.76. The predicted octanol–water partition coefficient (Wildman–Crippen LogP) is 0.713. The van der Waals surface area contributed by atoms with Crippen LogP contribution in [-0.4, -0.2) is 31.2 Å². The van der Waals surface area contributed by atoms with E-state index < -0.39 is 5.60 Å². The molecule has 2 aromatic rings. The van der Waals surface area contributed by atoms with Gasteiger partial charge in [0.2, 0.25) is 0 Å². The molecule has 1 unspecified atom stereocenters. The molecule has 2 aromatic heterocycles. The first-order chi connectivity index (χ1) is 9.42. The van der Waals surface area contributed by atoms with Crippen LogP contribution in [0.4, 0.5) is 0 Å². The highest BCUT2D eigenvalue weighted by Crippen LogP contribution is 2.18. The van der Waals surface area contributed by atoms with Crippen molar-refractivity contribution in [3.05, 3.63) is 35.4 Å². The third kappa shape index (κ3) is 3.26. The molecule has 2 rings (SSSR count). The summed E-state index contributed by atoms with van der Waals surface area (Å²) in [7, 11) is 3.77. The Morgan fingerprint density at radius 1 is 1.30 bits per heavy atom. The molecule has 0 aliphatic carbocycles. The van der Waals surface area contributed by atoms with Crippen LogP contribution in [0.3, 0.4) is 0 Å². The average molecular weight is 277 g/mol. The van der Waals surface area contributed by atoms with Crippen molar-refractivity contribution >= 4 is 0 Å². The number of aromatic nitrogens is 4. The van der Waals surface area contributed by atoms with E-state index in [0.717, 1.165) is 17.7 Å². The van der Waals surface area contributed by atoms with Gasteiger partial charge < -0.3 is 10.4 Å². The maximum atomic E-state index is 10.5. The van der Waals surface area contributed by atoms with Crippen LogP contribution in [0.2, 0.25) is 0 Å². The summed E-state index contributed by atoms with van der Waals surface area (Å²) in [6, 6.07) is 0. The molecule has 20 heavy (non-hydrogen) atoms. The van der Waals surface area contributed by atoms with Gasteiger partial charge in [-0.3, -0.25) is 9.36 Å². The van der Waals surface area contributed by atoms with Gasteiger partial charge in [-0.2, -0.15) is 10.2 Å². The molecule has 2 heterocycles. The van der Waals surface area contributed by atoms with E-state index in [1.807, 2.05) is 31.2 Å². The lowest BCUT2D eigenvalue weighted by Crippen LogP contribution is -2.35. The van der Waals surface area contributed by atoms with Gasteiger partial charge in [0.05, 0.1) is 11.9 Å². The molecule has 0 aliphatic heterocycles. The molecule has 0 aliphatic rings. The molecule has 6 heteroatoms. The Morgan fingerprint density at radius 3 is 2.65 bits per heavy atom. The summed E-state index contributed by atoms with van der Waals surface area (Å²) in [5.74, 6) is 0. The summed E-state index contributed by atoms with van der Waals surface area (Å²) in [5, 5.41) is 22.3. The fourth-order valence-corrected chi connectivity index (χ4v) is 2.27. The molecule has 0 radical (unpaired) electrons. The molecule has 110 valence electrons. The fourth-order valence-electron chi connectivity index (χ4n) is 2.27. The zero-order chi connectivity index (χ0) is 14.8. The summed E-state index contributed by atoms with van der Waals surface area (Å²) in [4.78, 5) is 0. The van der Waals surface area contributed by atoms with Crippen molar-refractivity contribution < 1.29 is 5.11 Å². The summed E-state index contributed by atoms with van der Waals surface area (Å²) < 4.78 is 3.52. The van der Waals surface area contributed by atoms with Gasteiger partial charge in [0, 0.05) is 50.7 Å². The van der Waals surface area contributed by atoms with E-state index in [0.29, 0.717) is 13.1 Å². The van der Waals surface area contributed by atoms with Gasteiger partial charge >= 0.3 is 0 Å². The molecule has 0 fully saturated rings. The Labute approximate surface area is 119 Å². The largest absolute Gasteiger partial charge is 0.384 e. The number of aryl methyl sites for hydroxylation is 3. The normalized spacial score (nSPS) is 14.4. The molecular formula is C14H23N5O. The third-order valence-corrected chi connectivity index (χ3v) is 3.44. The molecule has 0 saturated carbocycles. The smallest absolute Gasteiger partial charge is 0.102 e. The lowest BCUT2D eigenvalue weighted by atomic mass is 9.99. The minimum absolute atomic E-state index is 0.469. The summed E-state index contributed by atoms with van der Waals surface area (Å²) in [6.45, 7) is 5.06. The third-order valence-electron chi connectivity index (χ3n) is 3.44. The maximum absolute atomic E-state index is 10.5. The van der Waals surface area contributed by atoms with Crippen LogP contribution in [0, 0.1) is 0 Å². The fraction of sp³-hybridized carbons (Fsp3) is 0.571. The van der Waals surface area contributed by atoms with E-state index in [4.69, 9.17) is 0 Å². The summed E-state index contributed by atoms with van der Waals surface area (Å²) in [5.41, 5.74) is 2.16. The Hall–Kier alpha value is -1.66. The number of nitrogens with zero attached hydrogens (tertiary/aromatic N) is 4. The van der Waals surface area contributed by atoms with E-state index in [1.54, 1.807) is 17.8 Å². The number of hydrogen-bond donors (Lipinski definition) is 2. The van der Waals surface area contributed by atoms with E-state index >= 15 is 0 Å². The monoisotopic (exact) mass is 277 g/mol.